The summed E-state index contributed by atoms with van der Waals surface area (Å²) in [6, 6.07) is 16.7. The molecule has 0 aliphatic rings. The second-order valence-electron chi connectivity index (χ2n) is 6.47. The van der Waals surface area contributed by atoms with Crippen LogP contribution in [0.3, 0.4) is 0 Å². The summed E-state index contributed by atoms with van der Waals surface area (Å²) in [5, 5.41) is 0. The molecule has 0 saturated carbocycles. The van der Waals surface area contributed by atoms with Gasteiger partial charge in [0.05, 0.1) is 11.0 Å². The van der Waals surface area contributed by atoms with Crippen molar-refractivity contribution >= 4 is 11.0 Å². The van der Waals surface area contributed by atoms with E-state index in [1.807, 2.05) is 36.5 Å². The smallest absolute Gasteiger partial charge is 0.123 e. The highest BCUT2D eigenvalue weighted by atomic mass is 19.1. The summed E-state index contributed by atoms with van der Waals surface area (Å²) in [5.74, 6) is -0.220. The first kappa shape index (κ1) is 17.2. The van der Waals surface area contributed by atoms with Crippen molar-refractivity contribution in [2.45, 2.75) is 19.6 Å². The van der Waals surface area contributed by atoms with E-state index in [-0.39, 0.29) is 5.82 Å². The lowest BCUT2D eigenvalue weighted by atomic mass is 10.1. The third-order valence-corrected chi connectivity index (χ3v) is 4.42. The van der Waals surface area contributed by atoms with E-state index in [2.05, 4.69) is 32.0 Å². The topological polar surface area (TPSA) is 41.9 Å². The Morgan fingerprint density at radius 1 is 0.741 bits per heavy atom. The number of hydrogen-bond donors (Lipinski definition) is 0. The standard InChI is InChI=1S/C22H19FN4/c23-20-8-6-17(7-9-20)14-27(15-18-3-2-10-24-13-18)16-19-4-1-5-21-22(19)26-12-11-25-21/h1-13H,14-16H2. The Hall–Kier alpha value is -3.18. The number of para-hydroxylation sites is 1. The van der Waals surface area contributed by atoms with Gasteiger partial charge >= 0.3 is 0 Å². The molecule has 0 amide bonds. The quantitative estimate of drug-likeness (QED) is 0.513. The fourth-order valence-electron chi connectivity index (χ4n) is 3.19. The van der Waals surface area contributed by atoms with Crippen LogP contribution in [-0.2, 0) is 19.6 Å². The summed E-state index contributed by atoms with van der Waals surface area (Å²) in [4.78, 5) is 15.4. The Morgan fingerprint density at radius 3 is 2.37 bits per heavy atom. The molecule has 0 fully saturated rings. The minimum atomic E-state index is -0.220. The van der Waals surface area contributed by atoms with Gasteiger partial charge in [0.15, 0.2) is 0 Å². The van der Waals surface area contributed by atoms with E-state index in [0.29, 0.717) is 13.1 Å². The van der Waals surface area contributed by atoms with E-state index < -0.39 is 0 Å². The Morgan fingerprint density at radius 2 is 1.56 bits per heavy atom. The van der Waals surface area contributed by atoms with E-state index >= 15 is 0 Å². The first-order valence-corrected chi connectivity index (χ1v) is 8.82. The summed E-state index contributed by atoms with van der Waals surface area (Å²) in [5.41, 5.74) is 5.11. The van der Waals surface area contributed by atoms with Gasteiger partial charge in [-0.2, -0.15) is 0 Å². The highest BCUT2D eigenvalue weighted by molar-refractivity contribution is 5.77. The van der Waals surface area contributed by atoms with Gasteiger partial charge in [0, 0.05) is 44.4 Å². The van der Waals surface area contributed by atoms with Gasteiger partial charge in [0.2, 0.25) is 0 Å². The molecule has 4 nitrogen and oxygen atoms in total. The van der Waals surface area contributed by atoms with Gasteiger partial charge in [-0.15, -0.1) is 0 Å². The Labute approximate surface area is 157 Å². The monoisotopic (exact) mass is 358 g/mol. The van der Waals surface area contributed by atoms with Crippen LogP contribution in [0.15, 0.2) is 79.4 Å². The second kappa shape index (κ2) is 8.01. The molecule has 134 valence electrons. The third-order valence-electron chi connectivity index (χ3n) is 4.42. The summed E-state index contributed by atoms with van der Waals surface area (Å²) in [7, 11) is 0. The van der Waals surface area contributed by atoms with Gasteiger partial charge in [-0.3, -0.25) is 19.9 Å². The van der Waals surface area contributed by atoms with Gasteiger partial charge in [-0.25, -0.2) is 4.39 Å². The zero-order chi connectivity index (χ0) is 18.5. The largest absolute Gasteiger partial charge is 0.290 e. The molecule has 0 aliphatic carbocycles. The van der Waals surface area contributed by atoms with Crippen molar-refractivity contribution in [2.75, 3.05) is 0 Å². The van der Waals surface area contributed by atoms with Crippen molar-refractivity contribution in [3.63, 3.8) is 0 Å². The maximum Gasteiger partial charge on any atom is 0.123 e. The van der Waals surface area contributed by atoms with Crippen LogP contribution in [0.5, 0.6) is 0 Å². The van der Waals surface area contributed by atoms with Crippen molar-refractivity contribution < 1.29 is 4.39 Å². The summed E-state index contributed by atoms with van der Waals surface area (Å²) < 4.78 is 13.3. The van der Waals surface area contributed by atoms with Gasteiger partial charge in [-0.1, -0.05) is 30.3 Å². The summed E-state index contributed by atoms with van der Waals surface area (Å²) in [6.45, 7) is 2.15. The molecule has 27 heavy (non-hydrogen) atoms. The molecule has 4 rings (SSSR count). The van der Waals surface area contributed by atoms with E-state index in [0.717, 1.165) is 34.3 Å². The van der Waals surface area contributed by atoms with Crippen LogP contribution < -0.4 is 0 Å². The number of pyridine rings is 1. The molecule has 0 aliphatic heterocycles. The molecule has 0 spiro atoms. The minimum absolute atomic E-state index is 0.220. The van der Waals surface area contributed by atoms with Crippen LogP contribution >= 0.6 is 0 Å². The average Bonchev–Trinajstić information content (AvgIpc) is 2.71. The van der Waals surface area contributed by atoms with Gasteiger partial charge in [-0.05, 0) is 41.0 Å². The van der Waals surface area contributed by atoms with Crippen molar-refractivity contribution in [1.29, 1.82) is 0 Å². The van der Waals surface area contributed by atoms with Crippen LogP contribution in [0.1, 0.15) is 16.7 Å². The fraction of sp³-hybridized carbons (Fsp3) is 0.136. The lowest BCUT2D eigenvalue weighted by Gasteiger charge is -2.23. The first-order valence-electron chi connectivity index (χ1n) is 8.82. The molecule has 0 N–H and O–H groups in total. The Bertz CT molecular complexity index is 1010. The lowest BCUT2D eigenvalue weighted by Crippen LogP contribution is -2.22. The highest BCUT2D eigenvalue weighted by Gasteiger charge is 2.12. The maximum absolute atomic E-state index is 13.3. The first-order chi connectivity index (χ1) is 13.3. The molecule has 2 aromatic carbocycles. The maximum atomic E-state index is 13.3. The molecule has 0 saturated heterocycles. The number of fused-ring (bicyclic) bond motifs is 1. The molecule has 2 heterocycles. The van der Waals surface area contributed by atoms with E-state index in [9.17, 15) is 4.39 Å². The predicted molar refractivity (Wildman–Crippen MR) is 103 cm³/mol. The zero-order valence-corrected chi connectivity index (χ0v) is 14.8. The predicted octanol–water partition coefficient (Wildman–Crippen LogP) is 4.37. The Kier molecular flexibility index (Phi) is 5.12. The number of aromatic nitrogens is 3. The van der Waals surface area contributed by atoms with Crippen molar-refractivity contribution in [3.8, 4) is 0 Å². The highest BCUT2D eigenvalue weighted by Crippen LogP contribution is 2.19. The van der Waals surface area contributed by atoms with Crippen molar-refractivity contribution in [2.24, 2.45) is 0 Å². The van der Waals surface area contributed by atoms with Crippen molar-refractivity contribution in [1.82, 2.24) is 19.9 Å². The summed E-state index contributed by atoms with van der Waals surface area (Å²) >= 11 is 0. The van der Waals surface area contributed by atoms with Crippen LogP contribution in [0.25, 0.3) is 11.0 Å². The SMILES string of the molecule is Fc1ccc(CN(Cc2cccnc2)Cc2cccc3nccnc23)cc1. The van der Waals surface area contributed by atoms with Crippen molar-refractivity contribution in [3.05, 3.63) is 102 Å². The van der Waals surface area contributed by atoms with Gasteiger partial charge < -0.3 is 0 Å². The Balaban J connectivity index is 1.63. The number of nitrogens with zero attached hydrogens (tertiary/aromatic N) is 4. The molecular weight excluding hydrogens is 339 g/mol. The molecule has 4 aromatic rings. The molecule has 0 unspecified atom stereocenters. The normalized spacial score (nSPS) is 11.2. The number of hydrogen-bond acceptors (Lipinski definition) is 4. The van der Waals surface area contributed by atoms with Crippen LogP contribution in [0, 0.1) is 5.82 Å². The minimum Gasteiger partial charge on any atom is -0.290 e. The number of benzene rings is 2. The van der Waals surface area contributed by atoms with Crippen LogP contribution in [0.4, 0.5) is 4.39 Å². The average molecular weight is 358 g/mol. The molecule has 0 atom stereocenters. The van der Waals surface area contributed by atoms with Gasteiger partial charge in [0.1, 0.15) is 5.82 Å². The molecule has 0 radical (unpaired) electrons. The van der Waals surface area contributed by atoms with Crippen LogP contribution in [-0.4, -0.2) is 19.9 Å². The molecule has 5 heteroatoms. The summed E-state index contributed by atoms with van der Waals surface area (Å²) in [6.07, 6.45) is 7.07. The van der Waals surface area contributed by atoms with E-state index in [4.69, 9.17) is 0 Å². The fourth-order valence-corrected chi connectivity index (χ4v) is 3.19. The molecule has 0 bridgehead atoms. The van der Waals surface area contributed by atoms with E-state index in [1.165, 1.54) is 12.1 Å². The molecule has 2 aromatic heterocycles. The third kappa shape index (κ3) is 4.33. The van der Waals surface area contributed by atoms with Crippen LogP contribution in [0.2, 0.25) is 0 Å². The number of rotatable bonds is 6. The second-order valence-corrected chi connectivity index (χ2v) is 6.47. The van der Waals surface area contributed by atoms with Gasteiger partial charge in [0.25, 0.3) is 0 Å². The van der Waals surface area contributed by atoms with E-state index in [1.54, 1.807) is 18.6 Å². The molecular formula is C22H19FN4. The lowest BCUT2D eigenvalue weighted by molar-refractivity contribution is 0.248. The zero-order valence-electron chi connectivity index (χ0n) is 14.8. The number of halogens is 1.